The Morgan fingerprint density at radius 3 is 2.66 bits per heavy atom. The van der Waals surface area contributed by atoms with Gasteiger partial charge in [-0.1, -0.05) is 31.8 Å². The standard InChI is InChI=1S/C30H44FN7O4SSi/c1-36(16-17-39)24-11-14-37(15-12-24)43(40,41)30-34-29(38(35-30)21-42-18-19-44(2,3)4)33-28-25-7-5-6-22(25)8-9-26(28)23-10-13-32-27(31)20-23/h8-10,13,20,24,39H,5-7,11-12,14-19,21H2,1-4H3,(H,33,34,35). The van der Waals surface area contributed by atoms with Crippen molar-refractivity contribution in [2.45, 2.75) is 75.7 Å². The van der Waals surface area contributed by atoms with Crippen molar-refractivity contribution in [1.82, 2.24) is 29.0 Å². The van der Waals surface area contributed by atoms with Crippen molar-refractivity contribution in [1.29, 1.82) is 0 Å². The van der Waals surface area contributed by atoms with Crippen LogP contribution >= 0.6 is 0 Å². The summed E-state index contributed by atoms with van der Waals surface area (Å²) in [7, 11) is -3.37. The second kappa shape index (κ2) is 13.7. The molecule has 0 amide bonds. The number of nitrogens with zero attached hydrogens (tertiary/aromatic N) is 6. The van der Waals surface area contributed by atoms with Crippen LogP contribution in [0.5, 0.6) is 0 Å². The maximum Gasteiger partial charge on any atom is 0.284 e. The third-order valence-electron chi connectivity index (χ3n) is 8.49. The fraction of sp³-hybridized carbons (Fsp3) is 0.567. The number of likely N-dealkylation sites (N-methyl/N-ethyl adjacent to an activating group) is 1. The number of pyridine rings is 1. The number of hydrogen-bond donors (Lipinski definition) is 2. The molecule has 0 radical (unpaired) electrons. The number of sulfonamides is 1. The van der Waals surface area contributed by atoms with E-state index in [2.05, 4.69) is 51.0 Å². The lowest BCUT2D eigenvalue weighted by Gasteiger charge is -2.35. The summed E-state index contributed by atoms with van der Waals surface area (Å²) in [6.07, 6.45) is 5.52. The summed E-state index contributed by atoms with van der Waals surface area (Å²) < 4.78 is 50.7. The van der Waals surface area contributed by atoms with E-state index in [1.54, 1.807) is 6.07 Å². The van der Waals surface area contributed by atoms with Crippen LogP contribution in [0, 0.1) is 5.95 Å². The van der Waals surface area contributed by atoms with Gasteiger partial charge in [0, 0.05) is 58.2 Å². The Morgan fingerprint density at radius 1 is 1.18 bits per heavy atom. The van der Waals surface area contributed by atoms with Gasteiger partial charge in [0.2, 0.25) is 11.9 Å². The summed E-state index contributed by atoms with van der Waals surface area (Å²) in [5, 5.41) is 16.9. The van der Waals surface area contributed by atoms with Crippen LogP contribution in [0.25, 0.3) is 11.1 Å². The Kier molecular flexibility index (Phi) is 10.2. The zero-order chi connectivity index (χ0) is 31.5. The van der Waals surface area contributed by atoms with Crippen LogP contribution in [-0.4, -0.2) is 96.5 Å². The van der Waals surface area contributed by atoms with E-state index in [-0.39, 0.29) is 30.5 Å². The number of aryl methyl sites for hydroxylation is 1. The summed E-state index contributed by atoms with van der Waals surface area (Å²) in [5.41, 5.74) is 4.50. The molecule has 2 aromatic heterocycles. The van der Waals surface area contributed by atoms with Crippen LogP contribution in [0.2, 0.25) is 25.7 Å². The van der Waals surface area contributed by atoms with E-state index in [0.29, 0.717) is 44.6 Å². The molecule has 1 aromatic carbocycles. The lowest BCUT2D eigenvalue weighted by Crippen LogP contribution is -2.46. The van der Waals surface area contributed by atoms with Gasteiger partial charge in [-0.15, -0.1) is 5.10 Å². The van der Waals surface area contributed by atoms with Gasteiger partial charge in [0.05, 0.1) is 12.3 Å². The fourth-order valence-electron chi connectivity index (χ4n) is 5.85. The molecule has 11 nitrogen and oxygen atoms in total. The first kappa shape index (κ1) is 32.6. The maximum atomic E-state index is 14.2. The van der Waals surface area contributed by atoms with E-state index in [1.165, 1.54) is 26.8 Å². The molecule has 14 heteroatoms. The number of benzene rings is 1. The quantitative estimate of drug-likeness (QED) is 0.161. The Morgan fingerprint density at radius 2 is 1.95 bits per heavy atom. The molecule has 44 heavy (non-hydrogen) atoms. The van der Waals surface area contributed by atoms with E-state index >= 15 is 0 Å². The van der Waals surface area contributed by atoms with Crippen molar-refractivity contribution < 1.29 is 22.7 Å². The van der Waals surface area contributed by atoms with Crippen molar-refractivity contribution in [3.8, 4) is 11.1 Å². The first-order valence-electron chi connectivity index (χ1n) is 15.3. The fourth-order valence-corrected chi connectivity index (χ4v) is 7.94. The van der Waals surface area contributed by atoms with Gasteiger partial charge in [0.15, 0.2) is 0 Å². The highest BCUT2D eigenvalue weighted by Crippen LogP contribution is 2.39. The van der Waals surface area contributed by atoms with Gasteiger partial charge in [0.1, 0.15) is 6.73 Å². The number of nitrogens with one attached hydrogen (secondary N) is 1. The van der Waals surface area contributed by atoms with Crippen LogP contribution in [-0.2, 0) is 34.3 Å². The van der Waals surface area contributed by atoms with Crippen molar-refractivity contribution in [2.24, 2.45) is 0 Å². The first-order valence-corrected chi connectivity index (χ1v) is 20.5. The van der Waals surface area contributed by atoms with Gasteiger partial charge >= 0.3 is 0 Å². The Labute approximate surface area is 260 Å². The summed E-state index contributed by atoms with van der Waals surface area (Å²) in [6, 6.07) is 8.34. The van der Waals surface area contributed by atoms with Gasteiger partial charge in [-0.3, -0.25) is 0 Å². The third kappa shape index (κ3) is 7.54. The average molecular weight is 646 g/mol. The molecule has 3 heterocycles. The zero-order valence-corrected chi connectivity index (χ0v) is 27.9. The highest BCUT2D eigenvalue weighted by molar-refractivity contribution is 7.89. The zero-order valence-electron chi connectivity index (χ0n) is 26.1. The number of aromatic nitrogens is 4. The van der Waals surface area contributed by atoms with Gasteiger partial charge in [-0.25, -0.2) is 18.1 Å². The summed E-state index contributed by atoms with van der Waals surface area (Å²) in [5.74, 6) is -0.321. The highest BCUT2D eigenvalue weighted by atomic mass is 32.2. The van der Waals surface area contributed by atoms with Gasteiger partial charge in [-0.05, 0) is 68.0 Å². The monoisotopic (exact) mass is 645 g/mol. The first-order chi connectivity index (χ1) is 21.0. The van der Waals surface area contributed by atoms with Crippen molar-refractivity contribution in [2.75, 3.05) is 45.2 Å². The molecule has 0 saturated carbocycles. The predicted octanol–water partition coefficient (Wildman–Crippen LogP) is 4.10. The number of aliphatic hydroxyl groups is 1. The van der Waals surface area contributed by atoms with Gasteiger partial charge in [-0.2, -0.15) is 13.7 Å². The topological polar surface area (TPSA) is 126 Å². The van der Waals surface area contributed by atoms with E-state index in [4.69, 9.17) is 4.74 Å². The minimum Gasteiger partial charge on any atom is -0.395 e. The molecular formula is C30H44FN7O4SSi. The third-order valence-corrected chi connectivity index (χ3v) is 11.9. The lowest BCUT2D eigenvalue weighted by atomic mass is 9.98. The number of aliphatic hydroxyl groups excluding tert-OH is 1. The normalized spacial score (nSPS) is 16.5. The van der Waals surface area contributed by atoms with Crippen LogP contribution in [0.1, 0.15) is 30.4 Å². The molecule has 0 bridgehead atoms. The minimum absolute atomic E-state index is 0.0393. The van der Waals surface area contributed by atoms with E-state index < -0.39 is 24.0 Å². The van der Waals surface area contributed by atoms with E-state index in [9.17, 15) is 17.9 Å². The van der Waals surface area contributed by atoms with E-state index in [1.807, 2.05) is 13.1 Å². The van der Waals surface area contributed by atoms with Gasteiger partial charge in [0.25, 0.3) is 15.2 Å². The summed E-state index contributed by atoms with van der Waals surface area (Å²) in [6.45, 7) is 8.69. The second-order valence-corrected chi connectivity index (χ2v) is 20.3. The second-order valence-electron chi connectivity index (χ2n) is 12.9. The number of piperidine rings is 1. The van der Waals surface area contributed by atoms with Crippen LogP contribution in [0.3, 0.4) is 0 Å². The summed E-state index contributed by atoms with van der Waals surface area (Å²) in [4.78, 5) is 10.3. The number of fused-ring (bicyclic) bond motifs is 1. The number of hydrogen-bond acceptors (Lipinski definition) is 9. The Bertz CT molecular complexity index is 1560. The molecule has 2 aliphatic rings. The largest absolute Gasteiger partial charge is 0.395 e. The number of ether oxygens (including phenoxy) is 1. The number of anilines is 2. The molecule has 240 valence electrons. The SMILES string of the molecule is CN(CCO)C1CCN(S(=O)(=O)c2nc(Nc3c(-c4ccnc(F)c4)ccc4c3CCC4)n(COCC[Si](C)(C)C)n2)CC1. The Hall–Kier alpha value is -2.75. The molecule has 5 rings (SSSR count). The van der Waals surface area contributed by atoms with Crippen LogP contribution in [0.4, 0.5) is 16.0 Å². The molecule has 0 atom stereocenters. The molecule has 0 spiro atoms. The summed E-state index contributed by atoms with van der Waals surface area (Å²) >= 11 is 0. The van der Waals surface area contributed by atoms with Crippen LogP contribution < -0.4 is 5.32 Å². The molecule has 3 aromatic rings. The number of rotatable bonds is 13. The molecule has 1 aliphatic carbocycles. The van der Waals surface area contributed by atoms with Crippen molar-refractivity contribution in [3.63, 3.8) is 0 Å². The molecule has 0 unspecified atom stereocenters. The van der Waals surface area contributed by atoms with Gasteiger partial charge < -0.3 is 20.1 Å². The molecule has 2 N–H and O–H groups in total. The van der Waals surface area contributed by atoms with Crippen molar-refractivity contribution >= 4 is 29.7 Å². The number of halogens is 1. The van der Waals surface area contributed by atoms with Crippen molar-refractivity contribution in [3.05, 3.63) is 47.5 Å². The predicted molar refractivity (Wildman–Crippen MR) is 171 cm³/mol. The molecular weight excluding hydrogens is 602 g/mol. The smallest absolute Gasteiger partial charge is 0.284 e. The van der Waals surface area contributed by atoms with E-state index in [0.717, 1.165) is 42.1 Å². The maximum absolute atomic E-state index is 14.2. The molecule has 1 fully saturated rings. The minimum atomic E-state index is -3.97. The molecule has 1 saturated heterocycles. The highest BCUT2D eigenvalue weighted by Gasteiger charge is 2.34. The Balaban J connectivity index is 1.46. The lowest BCUT2D eigenvalue weighted by molar-refractivity contribution is 0.0791. The average Bonchev–Trinajstić information content (AvgIpc) is 3.63. The van der Waals surface area contributed by atoms with Crippen LogP contribution in [0.15, 0.2) is 35.6 Å². The molecule has 1 aliphatic heterocycles.